The second-order valence-electron chi connectivity index (χ2n) is 6.88. The maximum absolute atomic E-state index is 12.7. The molecule has 1 fully saturated rings. The van der Waals surface area contributed by atoms with Crippen LogP contribution in [-0.4, -0.2) is 36.5 Å². The highest BCUT2D eigenvalue weighted by Gasteiger charge is 2.37. The van der Waals surface area contributed by atoms with Gasteiger partial charge in [-0.3, -0.25) is 9.59 Å². The van der Waals surface area contributed by atoms with Gasteiger partial charge < -0.3 is 19.7 Å². The standard InChI is InChI=1S/C21H22N2O4/c1-14(15-5-3-2-4-6-15)23-13-16(11-20(23)24)21(25)22-17-7-8-18-19(12-17)27-10-9-26-18/h2-8,12,14,16H,9-11,13H2,1H3,(H,22,25)/t14-,16+/m1/s1. The van der Waals surface area contributed by atoms with E-state index in [2.05, 4.69) is 5.32 Å². The molecule has 2 amide bonds. The van der Waals surface area contributed by atoms with E-state index in [0.717, 1.165) is 5.56 Å². The molecule has 0 saturated carbocycles. The van der Waals surface area contributed by atoms with Crippen LogP contribution in [-0.2, 0) is 9.59 Å². The minimum absolute atomic E-state index is 0.00803. The van der Waals surface area contributed by atoms with Crippen molar-refractivity contribution in [3.8, 4) is 11.5 Å². The number of ether oxygens (including phenoxy) is 2. The summed E-state index contributed by atoms with van der Waals surface area (Å²) in [5.74, 6) is 0.798. The predicted octanol–water partition coefficient (Wildman–Crippen LogP) is 3.01. The average molecular weight is 366 g/mol. The second kappa shape index (κ2) is 7.31. The van der Waals surface area contributed by atoms with E-state index < -0.39 is 0 Å². The minimum Gasteiger partial charge on any atom is -0.486 e. The molecule has 2 aliphatic heterocycles. The molecular formula is C21H22N2O4. The molecule has 0 unspecified atom stereocenters. The Bertz CT molecular complexity index is 853. The minimum atomic E-state index is -0.364. The third-order valence-electron chi connectivity index (χ3n) is 5.09. The lowest BCUT2D eigenvalue weighted by Gasteiger charge is -2.25. The molecule has 0 radical (unpaired) electrons. The predicted molar refractivity (Wildman–Crippen MR) is 101 cm³/mol. The Hall–Kier alpha value is -3.02. The summed E-state index contributed by atoms with van der Waals surface area (Å²) < 4.78 is 11.0. The number of carbonyl (C=O) groups is 2. The summed E-state index contributed by atoms with van der Waals surface area (Å²) in [6.45, 7) is 3.44. The topological polar surface area (TPSA) is 67.9 Å². The lowest BCUT2D eigenvalue weighted by atomic mass is 10.1. The number of hydrogen-bond acceptors (Lipinski definition) is 4. The van der Waals surface area contributed by atoms with Gasteiger partial charge >= 0.3 is 0 Å². The number of fused-ring (bicyclic) bond motifs is 1. The molecule has 2 atom stereocenters. The number of amides is 2. The van der Waals surface area contributed by atoms with E-state index in [1.165, 1.54) is 0 Å². The molecule has 140 valence electrons. The molecule has 1 saturated heterocycles. The van der Waals surface area contributed by atoms with E-state index in [-0.39, 0.29) is 30.2 Å². The van der Waals surface area contributed by atoms with Crippen molar-refractivity contribution in [1.29, 1.82) is 0 Å². The highest BCUT2D eigenvalue weighted by molar-refractivity contribution is 5.97. The van der Waals surface area contributed by atoms with Crippen LogP contribution in [0.15, 0.2) is 48.5 Å². The fraction of sp³-hybridized carbons (Fsp3) is 0.333. The maximum Gasteiger partial charge on any atom is 0.229 e. The van der Waals surface area contributed by atoms with E-state index in [1.807, 2.05) is 37.3 Å². The number of likely N-dealkylation sites (tertiary alicyclic amines) is 1. The van der Waals surface area contributed by atoms with Crippen LogP contribution in [0, 0.1) is 5.92 Å². The zero-order valence-corrected chi connectivity index (χ0v) is 15.2. The summed E-state index contributed by atoms with van der Waals surface area (Å²) in [6, 6.07) is 15.1. The van der Waals surface area contributed by atoms with Crippen LogP contribution < -0.4 is 14.8 Å². The quantitative estimate of drug-likeness (QED) is 0.903. The Morgan fingerprint density at radius 2 is 1.85 bits per heavy atom. The normalized spacial score (nSPS) is 19.7. The number of benzene rings is 2. The average Bonchev–Trinajstić information content (AvgIpc) is 3.10. The molecular weight excluding hydrogens is 344 g/mol. The van der Waals surface area contributed by atoms with Crippen LogP contribution >= 0.6 is 0 Å². The Kier molecular flexibility index (Phi) is 4.71. The fourth-order valence-electron chi connectivity index (χ4n) is 3.56. The van der Waals surface area contributed by atoms with Crippen LogP contribution in [0.25, 0.3) is 0 Å². The van der Waals surface area contributed by atoms with Crippen molar-refractivity contribution in [1.82, 2.24) is 4.90 Å². The maximum atomic E-state index is 12.7. The van der Waals surface area contributed by atoms with Gasteiger partial charge in [-0.2, -0.15) is 0 Å². The van der Waals surface area contributed by atoms with E-state index in [4.69, 9.17) is 9.47 Å². The van der Waals surface area contributed by atoms with Crippen LogP contribution in [0.4, 0.5) is 5.69 Å². The Balaban J connectivity index is 1.42. The van der Waals surface area contributed by atoms with Gasteiger partial charge in [0.1, 0.15) is 13.2 Å². The first-order valence-electron chi connectivity index (χ1n) is 9.17. The van der Waals surface area contributed by atoms with Crippen molar-refractivity contribution >= 4 is 17.5 Å². The van der Waals surface area contributed by atoms with Crippen LogP contribution in [0.5, 0.6) is 11.5 Å². The molecule has 6 heteroatoms. The second-order valence-corrected chi connectivity index (χ2v) is 6.88. The molecule has 0 spiro atoms. The fourth-order valence-corrected chi connectivity index (χ4v) is 3.56. The van der Waals surface area contributed by atoms with Gasteiger partial charge in [0.05, 0.1) is 12.0 Å². The summed E-state index contributed by atoms with van der Waals surface area (Å²) in [5, 5.41) is 2.90. The van der Waals surface area contributed by atoms with Gasteiger partial charge in [-0.25, -0.2) is 0 Å². The van der Waals surface area contributed by atoms with Gasteiger partial charge in [-0.1, -0.05) is 30.3 Å². The summed E-state index contributed by atoms with van der Waals surface area (Å²) in [7, 11) is 0. The molecule has 2 aromatic carbocycles. The third kappa shape index (κ3) is 3.60. The molecule has 4 rings (SSSR count). The molecule has 0 bridgehead atoms. The first kappa shape index (κ1) is 17.4. The molecule has 1 N–H and O–H groups in total. The molecule has 2 heterocycles. The molecule has 2 aliphatic rings. The lowest BCUT2D eigenvalue weighted by Crippen LogP contribution is -2.30. The third-order valence-corrected chi connectivity index (χ3v) is 5.09. The van der Waals surface area contributed by atoms with Gasteiger partial charge in [0.2, 0.25) is 11.8 Å². The summed E-state index contributed by atoms with van der Waals surface area (Å²) in [4.78, 5) is 26.9. The largest absolute Gasteiger partial charge is 0.486 e. The number of hydrogen-bond donors (Lipinski definition) is 1. The molecule has 27 heavy (non-hydrogen) atoms. The van der Waals surface area contributed by atoms with E-state index >= 15 is 0 Å². The monoisotopic (exact) mass is 366 g/mol. The van der Waals surface area contributed by atoms with Crippen molar-refractivity contribution in [2.45, 2.75) is 19.4 Å². The van der Waals surface area contributed by atoms with Crippen LogP contribution in [0.2, 0.25) is 0 Å². The van der Waals surface area contributed by atoms with Gasteiger partial charge in [-0.15, -0.1) is 0 Å². The van der Waals surface area contributed by atoms with Gasteiger partial charge in [0.15, 0.2) is 11.5 Å². The lowest BCUT2D eigenvalue weighted by molar-refractivity contribution is -0.129. The van der Waals surface area contributed by atoms with Crippen molar-refractivity contribution in [3.05, 3.63) is 54.1 Å². The number of anilines is 1. The van der Waals surface area contributed by atoms with Crippen molar-refractivity contribution < 1.29 is 19.1 Å². The van der Waals surface area contributed by atoms with E-state index in [0.29, 0.717) is 36.9 Å². The number of nitrogens with zero attached hydrogens (tertiary/aromatic N) is 1. The van der Waals surface area contributed by atoms with Crippen molar-refractivity contribution in [3.63, 3.8) is 0 Å². The molecule has 6 nitrogen and oxygen atoms in total. The van der Waals surface area contributed by atoms with Gasteiger partial charge in [0, 0.05) is 24.7 Å². The van der Waals surface area contributed by atoms with Crippen molar-refractivity contribution in [2.75, 3.05) is 25.1 Å². The zero-order chi connectivity index (χ0) is 18.8. The van der Waals surface area contributed by atoms with Crippen LogP contribution in [0.1, 0.15) is 24.9 Å². The Labute approximate surface area is 158 Å². The van der Waals surface area contributed by atoms with E-state index in [9.17, 15) is 9.59 Å². The molecule has 2 aromatic rings. The summed E-state index contributed by atoms with van der Waals surface area (Å²) in [6.07, 6.45) is 0.230. The van der Waals surface area contributed by atoms with Gasteiger partial charge in [-0.05, 0) is 24.6 Å². The smallest absolute Gasteiger partial charge is 0.229 e. The number of rotatable bonds is 4. The summed E-state index contributed by atoms with van der Waals surface area (Å²) in [5.41, 5.74) is 1.71. The van der Waals surface area contributed by atoms with Crippen molar-refractivity contribution in [2.24, 2.45) is 5.92 Å². The highest BCUT2D eigenvalue weighted by Crippen LogP contribution is 2.33. The first-order valence-corrected chi connectivity index (χ1v) is 9.17. The number of carbonyl (C=O) groups excluding carboxylic acids is 2. The molecule has 0 aliphatic carbocycles. The van der Waals surface area contributed by atoms with Gasteiger partial charge in [0.25, 0.3) is 0 Å². The highest BCUT2D eigenvalue weighted by atomic mass is 16.6. The number of nitrogens with one attached hydrogen (secondary N) is 1. The Morgan fingerprint density at radius 1 is 1.11 bits per heavy atom. The first-order chi connectivity index (χ1) is 13.1. The molecule has 0 aromatic heterocycles. The van der Waals surface area contributed by atoms with Crippen LogP contribution in [0.3, 0.4) is 0 Å². The SMILES string of the molecule is C[C@H](c1ccccc1)N1C[C@@H](C(=O)Nc2ccc3c(c2)OCCO3)CC1=O. The summed E-state index contributed by atoms with van der Waals surface area (Å²) >= 11 is 0. The van der Waals surface area contributed by atoms with E-state index in [1.54, 1.807) is 23.1 Å². The zero-order valence-electron chi connectivity index (χ0n) is 15.2. The Morgan fingerprint density at radius 3 is 2.63 bits per heavy atom.